The van der Waals surface area contributed by atoms with Gasteiger partial charge in [-0.1, -0.05) is 24.3 Å². The number of rotatable bonds is 6. The van der Waals surface area contributed by atoms with Gasteiger partial charge in [0.2, 0.25) is 0 Å². The molecule has 1 aliphatic carbocycles. The fourth-order valence-corrected chi connectivity index (χ4v) is 2.92. The van der Waals surface area contributed by atoms with Gasteiger partial charge in [0.05, 0.1) is 18.1 Å². The molecule has 4 nitrogen and oxygen atoms in total. The van der Waals surface area contributed by atoms with Gasteiger partial charge in [0.15, 0.2) is 0 Å². The molecule has 1 fully saturated rings. The van der Waals surface area contributed by atoms with Crippen molar-refractivity contribution < 1.29 is 0 Å². The molecule has 0 radical (unpaired) electrons. The minimum atomic E-state index is 0.215. The van der Waals surface area contributed by atoms with Crippen LogP contribution in [0.1, 0.15) is 41.7 Å². The van der Waals surface area contributed by atoms with Crippen LogP contribution in [0.4, 0.5) is 0 Å². The standard InChI is InChI=1S/C17H24N4/c1-13-5-3-4-6-14(13)11-20(2)16(9-18)17-10-19-12-21(17)15-7-8-15/h3-6,10,12,15-16H,7-9,11,18H2,1-2H3. The van der Waals surface area contributed by atoms with Crippen molar-refractivity contribution in [3.05, 3.63) is 53.6 Å². The van der Waals surface area contributed by atoms with Gasteiger partial charge in [-0.25, -0.2) is 4.98 Å². The van der Waals surface area contributed by atoms with Gasteiger partial charge in [-0.15, -0.1) is 0 Å². The van der Waals surface area contributed by atoms with Crippen LogP contribution in [-0.2, 0) is 6.54 Å². The maximum Gasteiger partial charge on any atom is 0.0951 e. The summed E-state index contributed by atoms with van der Waals surface area (Å²) in [4.78, 5) is 6.67. The molecule has 0 saturated heterocycles. The first-order valence-corrected chi connectivity index (χ1v) is 7.67. The van der Waals surface area contributed by atoms with E-state index in [0.29, 0.717) is 12.6 Å². The Morgan fingerprint density at radius 1 is 1.38 bits per heavy atom. The number of likely N-dealkylation sites (N-methyl/N-ethyl adjacent to an activating group) is 1. The summed E-state index contributed by atoms with van der Waals surface area (Å²) in [7, 11) is 2.15. The zero-order valence-electron chi connectivity index (χ0n) is 12.9. The largest absolute Gasteiger partial charge is 0.330 e. The average Bonchev–Trinajstić information content (AvgIpc) is 3.22. The molecule has 1 saturated carbocycles. The van der Waals surface area contributed by atoms with Crippen molar-refractivity contribution in [3.63, 3.8) is 0 Å². The molecule has 0 amide bonds. The zero-order chi connectivity index (χ0) is 14.8. The van der Waals surface area contributed by atoms with Crippen LogP contribution in [0.5, 0.6) is 0 Å². The van der Waals surface area contributed by atoms with E-state index < -0.39 is 0 Å². The van der Waals surface area contributed by atoms with Gasteiger partial charge in [0.25, 0.3) is 0 Å². The molecule has 0 bridgehead atoms. The summed E-state index contributed by atoms with van der Waals surface area (Å²) in [6.45, 7) is 3.68. The molecule has 1 unspecified atom stereocenters. The van der Waals surface area contributed by atoms with Gasteiger partial charge in [-0.05, 0) is 37.9 Å². The molecular formula is C17H24N4. The Morgan fingerprint density at radius 3 is 2.81 bits per heavy atom. The Hall–Kier alpha value is -1.65. The topological polar surface area (TPSA) is 47.1 Å². The number of nitrogens with two attached hydrogens (primary N) is 1. The van der Waals surface area contributed by atoms with Crippen molar-refractivity contribution in [2.45, 2.75) is 38.4 Å². The molecule has 0 spiro atoms. The van der Waals surface area contributed by atoms with E-state index in [2.05, 4.69) is 52.7 Å². The number of benzene rings is 1. The Morgan fingerprint density at radius 2 is 2.14 bits per heavy atom. The summed E-state index contributed by atoms with van der Waals surface area (Å²) in [6, 6.07) is 9.40. The summed E-state index contributed by atoms with van der Waals surface area (Å²) in [5, 5.41) is 0. The first-order chi connectivity index (χ1) is 10.2. The van der Waals surface area contributed by atoms with Gasteiger partial charge in [0, 0.05) is 25.3 Å². The van der Waals surface area contributed by atoms with Gasteiger partial charge >= 0.3 is 0 Å². The Bertz CT molecular complexity index is 600. The number of aromatic nitrogens is 2. The third-order valence-electron chi connectivity index (χ3n) is 4.41. The van der Waals surface area contributed by atoms with E-state index in [1.807, 2.05) is 12.5 Å². The Balaban J connectivity index is 1.79. The molecule has 1 atom stereocenters. The molecular weight excluding hydrogens is 260 g/mol. The quantitative estimate of drug-likeness (QED) is 0.887. The summed E-state index contributed by atoms with van der Waals surface area (Å²) >= 11 is 0. The predicted molar refractivity (Wildman–Crippen MR) is 84.9 cm³/mol. The third kappa shape index (κ3) is 3.01. The second kappa shape index (κ2) is 6.00. The SMILES string of the molecule is Cc1ccccc1CN(C)C(CN)c1cncn1C1CC1. The average molecular weight is 284 g/mol. The Kier molecular flexibility index (Phi) is 4.08. The van der Waals surface area contributed by atoms with E-state index in [1.165, 1.54) is 29.7 Å². The lowest BCUT2D eigenvalue weighted by molar-refractivity contribution is 0.232. The number of nitrogens with zero attached hydrogens (tertiary/aromatic N) is 3. The fourth-order valence-electron chi connectivity index (χ4n) is 2.92. The highest BCUT2D eigenvalue weighted by Gasteiger charge is 2.29. The number of aryl methyl sites for hydroxylation is 1. The fraction of sp³-hybridized carbons (Fsp3) is 0.471. The Labute approximate surface area is 126 Å². The minimum absolute atomic E-state index is 0.215. The van der Waals surface area contributed by atoms with E-state index in [-0.39, 0.29) is 6.04 Å². The normalized spacial score (nSPS) is 16.4. The maximum atomic E-state index is 6.06. The van der Waals surface area contributed by atoms with Crippen LogP contribution < -0.4 is 5.73 Å². The van der Waals surface area contributed by atoms with Crippen molar-refractivity contribution in [2.75, 3.05) is 13.6 Å². The predicted octanol–water partition coefficient (Wildman–Crippen LogP) is 2.66. The summed E-state index contributed by atoms with van der Waals surface area (Å²) in [5.41, 5.74) is 10.00. The van der Waals surface area contributed by atoms with Crippen molar-refractivity contribution in [1.29, 1.82) is 0 Å². The van der Waals surface area contributed by atoms with Crippen LogP contribution in [0.25, 0.3) is 0 Å². The number of hydrogen-bond acceptors (Lipinski definition) is 3. The summed E-state index contributed by atoms with van der Waals surface area (Å²) in [6.07, 6.45) is 6.46. The van der Waals surface area contributed by atoms with Crippen LogP contribution in [0.2, 0.25) is 0 Å². The van der Waals surface area contributed by atoms with Crippen LogP contribution in [0.3, 0.4) is 0 Å². The maximum absolute atomic E-state index is 6.06. The summed E-state index contributed by atoms with van der Waals surface area (Å²) < 4.78 is 2.31. The molecule has 1 aromatic heterocycles. The van der Waals surface area contributed by atoms with E-state index in [1.54, 1.807) is 0 Å². The molecule has 2 aromatic rings. The van der Waals surface area contributed by atoms with Crippen molar-refractivity contribution in [3.8, 4) is 0 Å². The van der Waals surface area contributed by atoms with Crippen LogP contribution in [-0.4, -0.2) is 28.0 Å². The van der Waals surface area contributed by atoms with Gasteiger partial charge in [0.1, 0.15) is 0 Å². The van der Waals surface area contributed by atoms with E-state index in [9.17, 15) is 0 Å². The smallest absolute Gasteiger partial charge is 0.0951 e. The van der Waals surface area contributed by atoms with Crippen molar-refractivity contribution in [2.24, 2.45) is 5.73 Å². The lowest BCUT2D eigenvalue weighted by Crippen LogP contribution is -2.32. The lowest BCUT2D eigenvalue weighted by Gasteiger charge is -2.28. The first-order valence-electron chi connectivity index (χ1n) is 7.67. The molecule has 1 aromatic carbocycles. The molecule has 0 aliphatic heterocycles. The number of imidazole rings is 1. The van der Waals surface area contributed by atoms with E-state index >= 15 is 0 Å². The zero-order valence-corrected chi connectivity index (χ0v) is 12.9. The van der Waals surface area contributed by atoms with Gasteiger partial charge < -0.3 is 10.3 Å². The van der Waals surface area contributed by atoms with Crippen LogP contribution in [0.15, 0.2) is 36.8 Å². The third-order valence-corrected chi connectivity index (χ3v) is 4.41. The highest BCUT2D eigenvalue weighted by Crippen LogP contribution is 2.37. The van der Waals surface area contributed by atoms with Gasteiger partial charge in [-0.3, -0.25) is 4.90 Å². The van der Waals surface area contributed by atoms with Gasteiger partial charge in [-0.2, -0.15) is 0 Å². The molecule has 112 valence electrons. The molecule has 21 heavy (non-hydrogen) atoms. The van der Waals surface area contributed by atoms with Crippen LogP contribution >= 0.6 is 0 Å². The number of hydrogen-bond donors (Lipinski definition) is 1. The first kappa shape index (κ1) is 14.3. The monoisotopic (exact) mass is 284 g/mol. The minimum Gasteiger partial charge on any atom is -0.330 e. The van der Waals surface area contributed by atoms with Crippen LogP contribution in [0, 0.1) is 6.92 Å². The molecule has 2 N–H and O–H groups in total. The second-order valence-electron chi connectivity index (χ2n) is 6.05. The highest BCUT2D eigenvalue weighted by atomic mass is 15.2. The molecule has 4 heteroatoms. The summed E-state index contributed by atoms with van der Waals surface area (Å²) in [5.74, 6) is 0. The second-order valence-corrected chi connectivity index (χ2v) is 6.05. The lowest BCUT2D eigenvalue weighted by atomic mass is 10.1. The molecule has 3 rings (SSSR count). The highest BCUT2D eigenvalue weighted by molar-refractivity contribution is 5.25. The van der Waals surface area contributed by atoms with Crippen molar-refractivity contribution >= 4 is 0 Å². The molecule has 1 heterocycles. The van der Waals surface area contributed by atoms with E-state index in [0.717, 1.165) is 6.54 Å². The van der Waals surface area contributed by atoms with Crippen molar-refractivity contribution in [1.82, 2.24) is 14.5 Å². The van der Waals surface area contributed by atoms with E-state index in [4.69, 9.17) is 5.73 Å². The molecule has 1 aliphatic rings.